The van der Waals surface area contributed by atoms with Crippen molar-refractivity contribution in [3.63, 3.8) is 0 Å². The van der Waals surface area contributed by atoms with Crippen LogP contribution < -0.4 is 15.7 Å². The zero-order chi connectivity index (χ0) is 18.8. The van der Waals surface area contributed by atoms with Gasteiger partial charge in [0.15, 0.2) is 5.65 Å². The van der Waals surface area contributed by atoms with Crippen molar-refractivity contribution in [2.45, 2.75) is 0 Å². The van der Waals surface area contributed by atoms with E-state index < -0.39 is 11.5 Å². The first-order valence-electron chi connectivity index (χ1n) is 8.13. The van der Waals surface area contributed by atoms with Crippen LogP contribution in [0.5, 0.6) is 5.75 Å². The van der Waals surface area contributed by atoms with Crippen molar-refractivity contribution in [3.05, 3.63) is 83.0 Å². The summed E-state index contributed by atoms with van der Waals surface area (Å²) in [4.78, 5) is 29.4. The summed E-state index contributed by atoms with van der Waals surface area (Å²) in [6.45, 7) is 0. The van der Waals surface area contributed by atoms with E-state index in [1.807, 2.05) is 30.3 Å². The molecule has 1 amide bonds. The third-order valence-electron chi connectivity index (χ3n) is 4.04. The SMILES string of the molecule is COc1cccc(C(=O)Nn2cnc3c(cnn3-c3ccccc3)c2=O)c1. The van der Waals surface area contributed by atoms with Gasteiger partial charge in [-0.15, -0.1) is 0 Å². The lowest BCUT2D eigenvalue weighted by atomic mass is 10.2. The van der Waals surface area contributed by atoms with Crippen LogP contribution in [-0.2, 0) is 0 Å². The number of carbonyl (C=O) groups excluding carboxylic acids is 1. The average molecular weight is 361 g/mol. The molecule has 0 saturated heterocycles. The Morgan fingerprint density at radius 1 is 1.11 bits per heavy atom. The largest absolute Gasteiger partial charge is 0.497 e. The van der Waals surface area contributed by atoms with Gasteiger partial charge in [-0.1, -0.05) is 24.3 Å². The van der Waals surface area contributed by atoms with Crippen LogP contribution in [0.15, 0.2) is 71.9 Å². The summed E-state index contributed by atoms with van der Waals surface area (Å²) in [5.74, 6) is 0.0975. The fraction of sp³-hybridized carbons (Fsp3) is 0.0526. The number of carbonyl (C=O) groups is 1. The first-order chi connectivity index (χ1) is 13.2. The molecule has 1 N–H and O–H groups in total. The van der Waals surface area contributed by atoms with E-state index in [0.29, 0.717) is 22.3 Å². The Morgan fingerprint density at radius 3 is 2.70 bits per heavy atom. The molecule has 4 rings (SSSR count). The number of methoxy groups -OCH3 is 1. The summed E-state index contributed by atoms with van der Waals surface area (Å²) in [7, 11) is 1.52. The first kappa shape index (κ1) is 16.5. The number of para-hydroxylation sites is 1. The quantitative estimate of drug-likeness (QED) is 0.600. The summed E-state index contributed by atoms with van der Waals surface area (Å²) in [5.41, 5.74) is 3.68. The molecule has 4 aromatic rings. The minimum absolute atomic E-state index is 0.298. The van der Waals surface area contributed by atoms with E-state index in [1.54, 1.807) is 28.9 Å². The highest BCUT2D eigenvalue weighted by atomic mass is 16.5. The lowest BCUT2D eigenvalue weighted by Gasteiger charge is -2.09. The van der Waals surface area contributed by atoms with E-state index in [-0.39, 0.29) is 0 Å². The summed E-state index contributed by atoms with van der Waals surface area (Å²) >= 11 is 0. The summed E-state index contributed by atoms with van der Waals surface area (Å²) in [5, 5.41) is 4.54. The topological polar surface area (TPSA) is 91.0 Å². The molecule has 0 aliphatic carbocycles. The van der Waals surface area contributed by atoms with Crippen molar-refractivity contribution >= 4 is 16.9 Å². The van der Waals surface area contributed by atoms with Gasteiger partial charge in [0.2, 0.25) is 0 Å². The van der Waals surface area contributed by atoms with Crippen molar-refractivity contribution in [1.29, 1.82) is 0 Å². The van der Waals surface area contributed by atoms with E-state index in [4.69, 9.17) is 4.74 Å². The number of rotatable bonds is 4. The van der Waals surface area contributed by atoms with E-state index in [0.717, 1.165) is 10.4 Å². The predicted molar refractivity (Wildman–Crippen MR) is 99.8 cm³/mol. The standard InChI is InChI=1S/C19H15N5O3/c1-27-15-9-5-6-13(10-15)18(25)22-23-12-20-17-16(19(23)26)11-21-24(17)14-7-3-2-4-8-14/h2-12H,1H3,(H,22,25). The second-order valence-electron chi connectivity index (χ2n) is 5.72. The molecule has 0 fully saturated rings. The van der Waals surface area contributed by atoms with Gasteiger partial charge in [-0.2, -0.15) is 5.10 Å². The average Bonchev–Trinajstić information content (AvgIpc) is 3.15. The van der Waals surface area contributed by atoms with Gasteiger partial charge in [-0.3, -0.25) is 15.0 Å². The molecule has 2 aromatic carbocycles. The number of nitrogens with zero attached hydrogens (tertiary/aromatic N) is 4. The maximum absolute atomic E-state index is 12.7. The van der Waals surface area contributed by atoms with Crippen molar-refractivity contribution in [2.24, 2.45) is 0 Å². The van der Waals surface area contributed by atoms with Gasteiger partial charge in [-0.05, 0) is 30.3 Å². The maximum Gasteiger partial charge on any atom is 0.283 e. The third-order valence-corrected chi connectivity index (χ3v) is 4.04. The minimum Gasteiger partial charge on any atom is -0.497 e. The van der Waals surface area contributed by atoms with Gasteiger partial charge in [0.25, 0.3) is 11.5 Å². The molecule has 2 heterocycles. The minimum atomic E-state index is -0.451. The van der Waals surface area contributed by atoms with Crippen LogP contribution in [-0.4, -0.2) is 32.5 Å². The summed E-state index contributed by atoms with van der Waals surface area (Å²) in [6, 6.07) is 16.0. The monoisotopic (exact) mass is 361 g/mol. The van der Waals surface area contributed by atoms with Gasteiger partial charge < -0.3 is 4.74 Å². The number of amides is 1. The number of nitrogens with one attached hydrogen (secondary N) is 1. The van der Waals surface area contributed by atoms with Gasteiger partial charge in [0.1, 0.15) is 17.5 Å². The molecule has 0 aliphatic rings. The first-order valence-corrected chi connectivity index (χ1v) is 8.13. The highest BCUT2D eigenvalue weighted by molar-refractivity contribution is 6.00. The molecular formula is C19H15N5O3. The number of fused-ring (bicyclic) bond motifs is 1. The highest BCUT2D eigenvalue weighted by Crippen LogP contribution is 2.14. The van der Waals surface area contributed by atoms with Crippen LogP contribution in [0.25, 0.3) is 16.7 Å². The Bertz CT molecular complexity index is 1180. The molecule has 0 aliphatic heterocycles. The predicted octanol–water partition coefficient (Wildman–Crippen LogP) is 1.97. The molecule has 0 spiro atoms. The van der Waals surface area contributed by atoms with Crippen LogP contribution in [0, 0.1) is 0 Å². The molecule has 0 unspecified atom stereocenters. The fourth-order valence-electron chi connectivity index (χ4n) is 2.69. The van der Waals surface area contributed by atoms with Crippen molar-refractivity contribution in [2.75, 3.05) is 12.5 Å². The van der Waals surface area contributed by atoms with Crippen LogP contribution in [0.3, 0.4) is 0 Å². The van der Waals surface area contributed by atoms with Crippen LogP contribution in [0.1, 0.15) is 10.4 Å². The molecule has 0 radical (unpaired) electrons. The van der Waals surface area contributed by atoms with E-state index in [9.17, 15) is 9.59 Å². The Labute approximate surface area is 153 Å². The zero-order valence-corrected chi connectivity index (χ0v) is 14.4. The Morgan fingerprint density at radius 2 is 1.93 bits per heavy atom. The summed E-state index contributed by atoms with van der Waals surface area (Å²) in [6.07, 6.45) is 2.70. The smallest absolute Gasteiger partial charge is 0.283 e. The number of benzene rings is 2. The molecule has 0 saturated carbocycles. The summed E-state index contributed by atoms with van der Waals surface area (Å²) < 4.78 is 7.73. The third kappa shape index (κ3) is 3.04. The molecule has 0 bridgehead atoms. The molecule has 8 heteroatoms. The van der Waals surface area contributed by atoms with Crippen molar-refractivity contribution < 1.29 is 9.53 Å². The maximum atomic E-state index is 12.7. The Kier molecular flexibility index (Phi) is 4.13. The molecule has 0 atom stereocenters. The van der Waals surface area contributed by atoms with Crippen LogP contribution in [0.4, 0.5) is 0 Å². The van der Waals surface area contributed by atoms with Crippen LogP contribution in [0.2, 0.25) is 0 Å². The van der Waals surface area contributed by atoms with Crippen LogP contribution >= 0.6 is 0 Å². The van der Waals surface area contributed by atoms with Gasteiger partial charge in [-0.25, -0.2) is 14.3 Å². The molecule has 8 nitrogen and oxygen atoms in total. The lowest BCUT2D eigenvalue weighted by Crippen LogP contribution is -2.33. The van der Waals surface area contributed by atoms with E-state index in [1.165, 1.54) is 19.6 Å². The van der Waals surface area contributed by atoms with Gasteiger partial charge in [0.05, 0.1) is 19.0 Å². The zero-order valence-electron chi connectivity index (χ0n) is 14.4. The fourth-order valence-corrected chi connectivity index (χ4v) is 2.69. The van der Waals surface area contributed by atoms with Crippen molar-refractivity contribution in [1.82, 2.24) is 19.4 Å². The normalized spacial score (nSPS) is 10.7. The number of hydrogen-bond acceptors (Lipinski definition) is 5. The Hall–Kier alpha value is -3.94. The van der Waals surface area contributed by atoms with E-state index >= 15 is 0 Å². The molecule has 27 heavy (non-hydrogen) atoms. The second kappa shape index (κ2) is 6.75. The molecule has 2 aromatic heterocycles. The highest BCUT2D eigenvalue weighted by Gasteiger charge is 2.13. The van der Waals surface area contributed by atoms with Gasteiger partial charge in [0, 0.05) is 5.56 Å². The lowest BCUT2D eigenvalue weighted by molar-refractivity contribution is 0.101. The number of hydrogen-bond donors (Lipinski definition) is 1. The molecule has 134 valence electrons. The number of aromatic nitrogens is 4. The second-order valence-corrected chi connectivity index (χ2v) is 5.72. The molecular weight excluding hydrogens is 346 g/mol. The Balaban J connectivity index is 1.68. The van der Waals surface area contributed by atoms with Crippen molar-refractivity contribution in [3.8, 4) is 11.4 Å². The van der Waals surface area contributed by atoms with Gasteiger partial charge >= 0.3 is 0 Å². The number of ether oxygens (including phenoxy) is 1. The van der Waals surface area contributed by atoms with E-state index in [2.05, 4.69) is 15.5 Å².